The zero-order valence-corrected chi connectivity index (χ0v) is 13.5. The smallest absolute Gasteiger partial charge is 0.147 e. The lowest BCUT2D eigenvalue weighted by Crippen LogP contribution is -2.25. The van der Waals surface area contributed by atoms with Gasteiger partial charge in [-0.25, -0.2) is 4.68 Å². The number of rotatable bonds is 2. The predicted octanol–water partition coefficient (Wildman–Crippen LogP) is 4.15. The minimum absolute atomic E-state index is 0.0141. The van der Waals surface area contributed by atoms with Crippen LogP contribution in [0.1, 0.15) is 23.0 Å². The van der Waals surface area contributed by atoms with Gasteiger partial charge in [0.15, 0.2) is 0 Å². The summed E-state index contributed by atoms with van der Waals surface area (Å²) in [5, 5.41) is 8.31. The van der Waals surface area contributed by atoms with E-state index in [1.165, 1.54) is 11.1 Å². The topological polar surface area (TPSA) is 39.1 Å². The number of methoxy groups -OCH3 is 1. The summed E-state index contributed by atoms with van der Waals surface area (Å²) in [5.74, 6) is 0.859. The zero-order chi connectivity index (χ0) is 16.0. The van der Waals surface area contributed by atoms with Gasteiger partial charge in [-0.3, -0.25) is 0 Å². The number of ether oxygens (including phenoxy) is 1. The molecule has 4 heteroatoms. The summed E-state index contributed by atoms with van der Waals surface area (Å²) in [6, 6.07) is 16.8. The second kappa shape index (κ2) is 5.16. The standard InChI is InChI=1S/C19H19N3O/c1-12-4-9-17-16(10-12)18-11-13(2)21-22(18)19(20-17)14-5-7-15(23-3)8-6-14/h4-11,19-20H,1-3H3/t19-/m1/s1. The number of hydrogen-bond acceptors (Lipinski definition) is 3. The van der Waals surface area contributed by atoms with Gasteiger partial charge in [0.2, 0.25) is 0 Å². The molecule has 1 atom stereocenters. The first-order chi connectivity index (χ1) is 11.2. The molecule has 0 radical (unpaired) electrons. The summed E-state index contributed by atoms with van der Waals surface area (Å²) in [6.07, 6.45) is -0.0141. The van der Waals surface area contributed by atoms with E-state index in [1.54, 1.807) is 7.11 Å². The summed E-state index contributed by atoms with van der Waals surface area (Å²) < 4.78 is 7.33. The second-order valence-electron chi connectivity index (χ2n) is 5.98. The first-order valence-electron chi connectivity index (χ1n) is 7.73. The predicted molar refractivity (Wildman–Crippen MR) is 91.9 cm³/mol. The van der Waals surface area contributed by atoms with Crippen LogP contribution in [0.2, 0.25) is 0 Å². The Morgan fingerprint density at radius 2 is 1.83 bits per heavy atom. The molecule has 0 saturated heterocycles. The van der Waals surface area contributed by atoms with E-state index in [9.17, 15) is 0 Å². The van der Waals surface area contributed by atoms with Crippen molar-refractivity contribution in [2.75, 3.05) is 12.4 Å². The molecular formula is C19H19N3O. The number of fused-ring (bicyclic) bond motifs is 3. The number of aromatic nitrogens is 2. The van der Waals surface area contributed by atoms with E-state index in [2.05, 4.69) is 53.3 Å². The van der Waals surface area contributed by atoms with Gasteiger partial charge in [-0.2, -0.15) is 5.10 Å². The molecule has 0 unspecified atom stereocenters. The normalized spacial score (nSPS) is 15.5. The third-order valence-corrected chi connectivity index (χ3v) is 4.28. The van der Waals surface area contributed by atoms with Crippen molar-refractivity contribution in [3.05, 3.63) is 65.4 Å². The quantitative estimate of drug-likeness (QED) is 0.773. The number of hydrogen-bond donors (Lipinski definition) is 1. The molecule has 0 saturated carbocycles. The van der Waals surface area contributed by atoms with E-state index in [0.717, 1.165) is 28.4 Å². The Hall–Kier alpha value is -2.75. The molecule has 0 amide bonds. The van der Waals surface area contributed by atoms with Crippen molar-refractivity contribution in [2.24, 2.45) is 0 Å². The van der Waals surface area contributed by atoms with Gasteiger partial charge in [0, 0.05) is 11.3 Å². The molecule has 0 bridgehead atoms. The van der Waals surface area contributed by atoms with Gasteiger partial charge in [0.25, 0.3) is 0 Å². The molecule has 0 spiro atoms. The van der Waals surface area contributed by atoms with E-state index in [0.29, 0.717) is 0 Å². The van der Waals surface area contributed by atoms with Crippen LogP contribution in [0.4, 0.5) is 5.69 Å². The van der Waals surface area contributed by atoms with Crippen molar-refractivity contribution < 1.29 is 4.74 Å². The SMILES string of the molecule is COc1ccc([C@@H]2Nc3ccc(C)cc3-c3cc(C)nn32)cc1. The number of aryl methyl sites for hydroxylation is 2. The van der Waals surface area contributed by atoms with Crippen LogP contribution in [-0.2, 0) is 0 Å². The van der Waals surface area contributed by atoms with Crippen LogP contribution in [0.5, 0.6) is 5.75 Å². The van der Waals surface area contributed by atoms with Crippen molar-refractivity contribution in [3.8, 4) is 17.0 Å². The van der Waals surface area contributed by atoms with Crippen LogP contribution < -0.4 is 10.1 Å². The summed E-state index contributed by atoms with van der Waals surface area (Å²) in [7, 11) is 1.68. The molecule has 1 aliphatic rings. The van der Waals surface area contributed by atoms with E-state index in [1.807, 2.05) is 19.1 Å². The third kappa shape index (κ3) is 2.27. The van der Waals surface area contributed by atoms with Crippen LogP contribution >= 0.6 is 0 Å². The maximum Gasteiger partial charge on any atom is 0.147 e. The van der Waals surface area contributed by atoms with Gasteiger partial charge in [-0.05, 0) is 49.7 Å². The molecule has 0 aliphatic carbocycles. The molecule has 1 aromatic heterocycles. The largest absolute Gasteiger partial charge is 0.497 e. The Labute approximate surface area is 135 Å². The van der Waals surface area contributed by atoms with Crippen LogP contribution in [0, 0.1) is 13.8 Å². The van der Waals surface area contributed by atoms with E-state index in [-0.39, 0.29) is 6.17 Å². The van der Waals surface area contributed by atoms with Crippen LogP contribution in [0.15, 0.2) is 48.5 Å². The lowest BCUT2D eigenvalue weighted by Gasteiger charge is -2.29. The Balaban J connectivity index is 1.85. The molecule has 4 rings (SSSR count). The number of nitrogens with zero attached hydrogens (tertiary/aromatic N) is 2. The van der Waals surface area contributed by atoms with Crippen molar-refractivity contribution in [1.29, 1.82) is 0 Å². The maximum atomic E-state index is 5.26. The zero-order valence-electron chi connectivity index (χ0n) is 13.5. The fourth-order valence-corrected chi connectivity index (χ4v) is 3.13. The maximum absolute atomic E-state index is 5.26. The summed E-state index contributed by atoms with van der Waals surface area (Å²) >= 11 is 0. The van der Waals surface area contributed by atoms with Crippen molar-refractivity contribution >= 4 is 5.69 Å². The highest BCUT2D eigenvalue weighted by Gasteiger charge is 2.26. The summed E-state index contributed by atoms with van der Waals surface area (Å²) in [5.41, 5.74) is 6.93. The van der Waals surface area contributed by atoms with Gasteiger partial charge in [0.05, 0.1) is 18.5 Å². The van der Waals surface area contributed by atoms with Crippen molar-refractivity contribution in [2.45, 2.75) is 20.0 Å². The fourth-order valence-electron chi connectivity index (χ4n) is 3.13. The van der Waals surface area contributed by atoms with E-state index in [4.69, 9.17) is 9.84 Å². The molecular weight excluding hydrogens is 286 g/mol. The Bertz CT molecular complexity index is 865. The Kier molecular flexibility index (Phi) is 3.11. The van der Waals surface area contributed by atoms with Gasteiger partial charge in [-0.1, -0.05) is 23.8 Å². The highest BCUT2D eigenvalue weighted by molar-refractivity contribution is 5.79. The minimum Gasteiger partial charge on any atom is -0.497 e. The third-order valence-electron chi connectivity index (χ3n) is 4.28. The number of nitrogens with one attached hydrogen (secondary N) is 1. The average molecular weight is 305 g/mol. The first kappa shape index (κ1) is 13.9. The molecule has 1 N–H and O–H groups in total. The average Bonchev–Trinajstić information content (AvgIpc) is 2.96. The molecule has 2 aromatic carbocycles. The van der Waals surface area contributed by atoms with Crippen molar-refractivity contribution in [1.82, 2.24) is 9.78 Å². The molecule has 116 valence electrons. The molecule has 2 heterocycles. The van der Waals surface area contributed by atoms with E-state index < -0.39 is 0 Å². The van der Waals surface area contributed by atoms with Crippen molar-refractivity contribution in [3.63, 3.8) is 0 Å². The Morgan fingerprint density at radius 1 is 1.04 bits per heavy atom. The first-order valence-corrected chi connectivity index (χ1v) is 7.73. The van der Waals surface area contributed by atoms with Gasteiger partial charge in [-0.15, -0.1) is 0 Å². The van der Waals surface area contributed by atoms with E-state index >= 15 is 0 Å². The van der Waals surface area contributed by atoms with Crippen LogP contribution in [-0.4, -0.2) is 16.9 Å². The molecule has 0 fully saturated rings. The lowest BCUT2D eigenvalue weighted by molar-refractivity contribution is 0.414. The molecule has 1 aliphatic heterocycles. The fraction of sp³-hybridized carbons (Fsp3) is 0.211. The summed E-state index contributed by atoms with van der Waals surface area (Å²) in [4.78, 5) is 0. The van der Waals surface area contributed by atoms with Gasteiger partial charge < -0.3 is 10.1 Å². The minimum atomic E-state index is -0.0141. The van der Waals surface area contributed by atoms with Crippen LogP contribution in [0.25, 0.3) is 11.3 Å². The monoisotopic (exact) mass is 305 g/mol. The lowest BCUT2D eigenvalue weighted by atomic mass is 10.0. The highest BCUT2D eigenvalue weighted by atomic mass is 16.5. The van der Waals surface area contributed by atoms with Gasteiger partial charge in [0.1, 0.15) is 11.9 Å². The number of anilines is 1. The highest BCUT2D eigenvalue weighted by Crippen LogP contribution is 2.39. The molecule has 4 nitrogen and oxygen atoms in total. The molecule has 3 aromatic rings. The number of benzene rings is 2. The summed E-state index contributed by atoms with van der Waals surface area (Å²) in [6.45, 7) is 4.15. The van der Waals surface area contributed by atoms with Gasteiger partial charge >= 0.3 is 0 Å². The second-order valence-corrected chi connectivity index (χ2v) is 5.98. The van der Waals surface area contributed by atoms with Crippen LogP contribution in [0.3, 0.4) is 0 Å². The molecule has 23 heavy (non-hydrogen) atoms. The Morgan fingerprint density at radius 3 is 2.57 bits per heavy atom.